The summed E-state index contributed by atoms with van der Waals surface area (Å²) in [5, 5.41) is 3.37. The minimum atomic E-state index is 0.587. The molecule has 0 aliphatic heterocycles. The van der Waals surface area contributed by atoms with Gasteiger partial charge in [-0.2, -0.15) is 0 Å². The average Bonchev–Trinajstić information content (AvgIpc) is 2.97. The van der Waals surface area contributed by atoms with Crippen LogP contribution in [0, 0.1) is 0 Å². The molecule has 2 heterocycles. The fourth-order valence-electron chi connectivity index (χ4n) is 2.09. The molecule has 0 bridgehead atoms. The average molecular weight is 321 g/mol. The van der Waals surface area contributed by atoms with Gasteiger partial charge in [0.15, 0.2) is 0 Å². The van der Waals surface area contributed by atoms with E-state index in [0.717, 1.165) is 6.54 Å². The van der Waals surface area contributed by atoms with E-state index in [2.05, 4.69) is 62.4 Å². The smallest absolute Gasteiger partial charge is 0.0580 e. The van der Waals surface area contributed by atoms with Crippen LogP contribution in [0.3, 0.4) is 0 Å². The van der Waals surface area contributed by atoms with Crippen LogP contribution in [0.2, 0.25) is 0 Å². The molecule has 2 aromatic heterocycles. The van der Waals surface area contributed by atoms with Crippen molar-refractivity contribution in [1.82, 2.24) is 4.57 Å². The minimum absolute atomic E-state index is 0.587. The van der Waals surface area contributed by atoms with Crippen molar-refractivity contribution in [2.75, 3.05) is 0 Å². The molecule has 0 radical (unpaired) electrons. The quantitative estimate of drug-likeness (QED) is 0.777. The van der Waals surface area contributed by atoms with Gasteiger partial charge in [-0.25, -0.2) is 0 Å². The minimum Gasteiger partial charge on any atom is -0.342 e. The van der Waals surface area contributed by atoms with E-state index in [1.807, 2.05) is 0 Å². The molecule has 18 heavy (non-hydrogen) atoms. The molecule has 0 unspecified atom stereocenters. The Hall–Kier alpha value is -1.10. The first kappa shape index (κ1) is 12.0. The van der Waals surface area contributed by atoms with Gasteiger partial charge in [0, 0.05) is 27.6 Å². The van der Waals surface area contributed by atoms with Crippen molar-refractivity contribution in [2.24, 2.45) is 5.73 Å². The highest BCUT2D eigenvalue weighted by Crippen LogP contribution is 2.26. The van der Waals surface area contributed by atoms with Crippen LogP contribution in [0.25, 0.3) is 10.9 Å². The predicted octanol–water partition coefficient (Wildman–Crippen LogP) is 3.97. The number of benzene rings is 1. The summed E-state index contributed by atoms with van der Waals surface area (Å²) in [7, 11) is 0. The van der Waals surface area contributed by atoms with Gasteiger partial charge in [0.1, 0.15) is 0 Å². The lowest BCUT2D eigenvalue weighted by Crippen LogP contribution is -1.99. The van der Waals surface area contributed by atoms with Crippen molar-refractivity contribution in [2.45, 2.75) is 13.1 Å². The molecule has 0 aliphatic rings. The second-order valence-corrected chi connectivity index (χ2v) is 6.09. The van der Waals surface area contributed by atoms with Crippen LogP contribution in [-0.4, -0.2) is 4.57 Å². The normalized spacial score (nSPS) is 11.2. The molecule has 0 saturated heterocycles. The summed E-state index contributed by atoms with van der Waals surface area (Å²) in [6.07, 6.45) is 2.14. The largest absolute Gasteiger partial charge is 0.342 e. The topological polar surface area (TPSA) is 30.9 Å². The van der Waals surface area contributed by atoms with Gasteiger partial charge in [-0.3, -0.25) is 0 Å². The summed E-state index contributed by atoms with van der Waals surface area (Å²) >= 11 is 5.36. The lowest BCUT2D eigenvalue weighted by atomic mass is 10.1. The molecule has 3 aromatic rings. The summed E-state index contributed by atoms with van der Waals surface area (Å²) in [4.78, 5) is 1.34. The molecule has 1 aromatic carbocycles. The summed E-state index contributed by atoms with van der Waals surface area (Å²) in [5.41, 5.74) is 8.13. The molecule has 92 valence electrons. The number of nitrogens with zero attached hydrogens (tertiary/aromatic N) is 1. The van der Waals surface area contributed by atoms with Gasteiger partial charge < -0.3 is 10.3 Å². The van der Waals surface area contributed by atoms with Crippen LogP contribution in [0.1, 0.15) is 10.4 Å². The van der Waals surface area contributed by atoms with Crippen LogP contribution in [-0.2, 0) is 13.1 Å². The number of halogens is 1. The Morgan fingerprint density at radius 3 is 2.83 bits per heavy atom. The Bertz CT molecular complexity index is 684. The molecule has 0 atom stereocenters. The maximum absolute atomic E-state index is 5.71. The van der Waals surface area contributed by atoms with Crippen LogP contribution < -0.4 is 5.73 Å². The number of aromatic nitrogens is 1. The van der Waals surface area contributed by atoms with Gasteiger partial charge >= 0.3 is 0 Å². The van der Waals surface area contributed by atoms with E-state index in [4.69, 9.17) is 5.73 Å². The summed E-state index contributed by atoms with van der Waals surface area (Å²) < 4.78 is 3.45. The van der Waals surface area contributed by atoms with Crippen molar-refractivity contribution in [1.29, 1.82) is 0 Å². The van der Waals surface area contributed by atoms with Crippen LogP contribution in [0.15, 0.2) is 46.4 Å². The van der Waals surface area contributed by atoms with Gasteiger partial charge in [-0.1, -0.05) is 12.1 Å². The fraction of sp³-hybridized carbons (Fsp3) is 0.143. The Kier molecular flexibility index (Phi) is 3.24. The van der Waals surface area contributed by atoms with E-state index in [1.165, 1.54) is 25.8 Å². The monoisotopic (exact) mass is 320 g/mol. The first-order chi connectivity index (χ1) is 8.78. The molecular formula is C14H13BrN2S. The van der Waals surface area contributed by atoms with E-state index in [9.17, 15) is 0 Å². The molecule has 0 aliphatic carbocycles. The van der Waals surface area contributed by atoms with Crippen molar-refractivity contribution in [3.05, 3.63) is 56.8 Å². The van der Waals surface area contributed by atoms with Gasteiger partial charge in [-0.15, -0.1) is 11.3 Å². The molecule has 3 rings (SSSR count). The van der Waals surface area contributed by atoms with E-state index in [0.29, 0.717) is 6.54 Å². The highest BCUT2D eigenvalue weighted by molar-refractivity contribution is 9.10. The van der Waals surface area contributed by atoms with Crippen molar-refractivity contribution < 1.29 is 0 Å². The third-order valence-corrected chi connectivity index (χ3v) is 4.99. The second kappa shape index (κ2) is 4.88. The Balaban J connectivity index is 2.04. The lowest BCUT2D eigenvalue weighted by Gasteiger charge is -2.05. The number of hydrogen-bond donors (Lipinski definition) is 1. The maximum atomic E-state index is 5.71. The Morgan fingerprint density at radius 2 is 2.11 bits per heavy atom. The van der Waals surface area contributed by atoms with Crippen LogP contribution in [0.4, 0.5) is 0 Å². The molecule has 0 spiro atoms. The number of fused-ring (bicyclic) bond motifs is 1. The van der Waals surface area contributed by atoms with E-state index >= 15 is 0 Å². The third-order valence-electron chi connectivity index (χ3n) is 3.08. The SMILES string of the molecule is NCc1ccc2ccn(Cc3sccc3Br)c2c1. The standard InChI is InChI=1S/C14H13BrN2S/c15-12-4-6-18-14(12)9-17-5-3-11-2-1-10(8-16)7-13(11)17/h1-7H,8-9,16H2. The summed E-state index contributed by atoms with van der Waals surface area (Å²) in [6, 6.07) is 10.6. The van der Waals surface area contributed by atoms with Gasteiger partial charge in [0.25, 0.3) is 0 Å². The maximum Gasteiger partial charge on any atom is 0.0580 e. The van der Waals surface area contributed by atoms with Gasteiger partial charge in [0.2, 0.25) is 0 Å². The highest BCUT2D eigenvalue weighted by atomic mass is 79.9. The van der Waals surface area contributed by atoms with Crippen molar-refractivity contribution >= 4 is 38.2 Å². The number of nitrogens with two attached hydrogens (primary N) is 1. The van der Waals surface area contributed by atoms with Crippen LogP contribution in [0.5, 0.6) is 0 Å². The fourth-order valence-corrected chi connectivity index (χ4v) is 3.56. The second-order valence-electron chi connectivity index (χ2n) is 4.23. The summed E-state index contributed by atoms with van der Waals surface area (Å²) in [6.45, 7) is 1.49. The van der Waals surface area contributed by atoms with Crippen molar-refractivity contribution in [3.8, 4) is 0 Å². The predicted molar refractivity (Wildman–Crippen MR) is 81.0 cm³/mol. The molecule has 0 fully saturated rings. The molecule has 0 saturated carbocycles. The number of rotatable bonds is 3. The van der Waals surface area contributed by atoms with Gasteiger partial charge in [-0.05, 0) is 50.5 Å². The van der Waals surface area contributed by atoms with Gasteiger partial charge in [0.05, 0.1) is 6.54 Å². The third kappa shape index (κ3) is 2.11. The first-order valence-electron chi connectivity index (χ1n) is 5.77. The van der Waals surface area contributed by atoms with E-state index in [1.54, 1.807) is 11.3 Å². The molecule has 0 amide bonds. The number of hydrogen-bond acceptors (Lipinski definition) is 2. The Morgan fingerprint density at radius 1 is 1.22 bits per heavy atom. The Labute approximate surface area is 118 Å². The molecule has 2 nitrogen and oxygen atoms in total. The lowest BCUT2D eigenvalue weighted by molar-refractivity contribution is 0.847. The molecular weight excluding hydrogens is 308 g/mol. The number of thiophene rings is 1. The zero-order valence-corrected chi connectivity index (χ0v) is 12.2. The highest BCUT2D eigenvalue weighted by Gasteiger charge is 2.06. The zero-order chi connectivity index (χ0) is 12.5. The first-order valence-corrected chi connectivity index (χ1v) is 7.45. The van der Waals surface area contributed by atoms with E-state index in [-0.39, 0.29) is 0 Å². The van der Waals surface area contributed by atoms with Crippen LogP contribution >= 0.6 is 27.3 Å². The van der Waals surface area contributed by atoms with Crippen molar-refractivity contribution in [3.63, 3.8) is 0 Å². The zero-order valence-electron chi connectivity index (χ0n) is 9.77. The molecule has 2 N–H and O–H groups in total. The molecule has 4 heteroatoms. The summed E-state index contributed by atoms with van der Waals surface area (Å²) in [5.74, 6) is 0. The van der Waals surface area contributed by atoms with E-state index < -0.39 is 0 Å².